The number of hydrogen-bond donors (Lipinski definition) is 3. The molecule has 8 heteroatoms. The van der Waals surface area contributed by atoms with Crippen molar-refractivity contribution in [2.24, 2.45) is 4.99 Å². The predicted molar refractivity (Wildman–Crippen MR) is 128 cm³/mol. The molecule has 1 unspecified atom stereocenters. The third kappa shape index (κ3) is 4.90. The Kier molecular flexibility index (Phi) is 6.58. The molecule has 3 aromatic carbocycles. The summed E-state index contributed by atoms with van der Waals surface area (Å²) in [5.41, 5.74) is 2.24. The summed E-state index contributed by atoms with van der Waals surface area (Å²) in [6.45, 7) is 6.74. The van der Waals surface area contributed by atoms with Crippen molar-refractivity contribution < 1.29 is 17.6 Å². The van der Waals surface area contributed by atoms with Crippen LogP contribution in [-0.2, 0) is 6.18 Å². The fourth-order valence-corrected chi connectivity index (χ4v) is 3.83. The number of halogens is 4. The molecule has 4 rings (SSSR count). The fraction of sp³-hybridized carbons (Fsp3) is 0.192. The van der Waals surface area contributed by atoms with Gasteiger partial charge in [-0.15, -0.1) is 0 Å². The van der Waals surface area contributed by atoms with Gasteiger partial charge >= 0.3 is 6.18 Å². The second-order valence-electron chi connectivity index (χ2n) is 7.88. The number of fused-ring (bicyclic) bond motifs is 1. The van der Waals surface area contributed by atoms with Gasteiger partial charge in [-0.05, 0) is 42.8 Å². The van der Waals surface area contributed by atoms with E-state index in [-0.39, 0.29) is 11.4 Å². The Morgan fingerprint density at radius 1 is 1.06 bits per heavy atom. The molecule has 4 nitrogen and oxygen atoms in total. The van der Waals surface area contributed by atoms with Crippen LogP contribution in [0.15, 0.2) is 78.3 Å². The van der Waals surface area contributed by atoms with Crippen molar-refractivity contribution in [3.63, 3.8) is 0 Å². The zero-order chi connectivity index (χ0) is 24.3. The molecule has 0 spiro atoms. The summed E-state index contributed by atoms with van der Waals surface area (Å²) in [7, 11) is 0. The minimum absolute atomic E-state index is 0.0153. The Labute approximate surface area is 195 Å². The van der Waals surface area contributed by atoms with Crippen molar-refractivity contribution in [3.8, 4) is 0 Å². The summed E-state index contributed by atoms with van der Waals surface area (Å²) >= 11 is 0. The van der Waals surface area contributed by atoms with Crippen molar-refractivity contribution >= 4 is 22.9 Å². The van der Waals surface area contributed by atoms with Crippen LogP contribution in [0.25, 0.3) is 5.70 Å². The number of nitrogens with one attached hydrogen (secondary N) is 3. The molecule has 1 aliphatic heterocycles. The van der Waals surface area contributed by atoms with Gasteiger partial charge in [-0.3, -0.25) is 0 Å². The highest BCUT2D eigenvalue weighted by atomic mass is 19.4. The molecular weight excluding hydrogens is 444 g/mol. The number of rotatable bonds is 6. The van der Waals surface area contributed by atoms with Gasteiger partial charge in [0, 0.05) is 40.3 Å². The van der Waals surface area contributed by atoms with E-state index in [4.69, 9.17) is 0 Å². The first-order valence-corrected chi connectivity index (χ1v) is 10.9. The average molecular weight is 468 g/mol. The van der Waals surface area contributed by atoms with E-state index >= 15 is 0 Å². The smallest absolute Gasteiger partial charge is 0.384 e. The van der Waals surface area contributed by atoms with E-state index < -0.39 is 17.9 Å². The molecular formula is C26H24F4N4. The predicted octanol–water partition coefficient (Wildman–Crippen LogP) is 6.80. The molecule has 3 aromatic rings. The molecule has 1 aliphatic rings. The van der Waals surface area contributed by atoms with Crippen LogP contribution in [0.2, 0.25) is 0 Å². The zero-order valence-corrected chi connectivity index (χ0v) is 18.5. The summed E-state index contributed by atoms with van der Waals surface area (Å²) in [6, 6.07) is 16.9. The van der Waals surface area contributed by atoms with Gasteiger partial charge in [-0.1, -0.05) is 43.8 Å². The summed E-state index contributed by atoms with van der Waals surface area (Å²) in [4.78, 5) is 4.58. The van der Waals surface area contributed by atoms with Crippen LogP contribution in [0.4, 0.5) is 28.9 Å². The Morgan fingerprint density at radius 2 is 1.79 bits per heavy atom. The van der Waals surface area contributed by atoms with Gasteiger partial charge in [-0.2, -0.15) is 13.2 Å². The van der Waals surface area contributed by atoms with E-state index in [0.717, 1.165) is 12.5 Å². The minimum atomic E-state index is -4.52. The molecule has 1 atom stereocenters. The standard InChI is InChI=1S/C26H24F4N4/c1-3-14-31-23-15-17(27)12-13-18(23)16(2)32-25-20-9-5-7-11-22(20)33-24(34-25)19-8-4-6-10-21(19)26(28,29)30/h4-13,15,24,31,33H,2-3,14H2,1H3,(H,32,34). The molecule has 0 aromatic heterocycles. The molecule has 0 amide bonds. The molecule has 34 heavy (non-hydrogen) atoms. The summed E-state index contributed by atoms with van der Waals surface area (Å²) in [5.74, 6) is -0.0179. The number of benzene rings is 3. The molecule has 0 saturated carbocycles. The fourth-order valence-electron chi connectivity index (χ4n) is 3.83. The van der Waals surface area contributed by atoms with E-state index in [1.807, 2.05) is 19.1 Å². The van der Waals surface area contributed by atoms with E-state index in [2.05, 4.69) is 27.5 Å². The van der Waals surface area contributed by atoms with Crippen molar-refractivity contribution in [1.29, 1.82) is 0 Å². The first-order valence-electron chi connectivity index (χ1n) is 10.9. The number of hydrogen-bond acceptors (Lipinski definition) is 4. The van der Waals surface area contributed by atoms with Crippen LogP contribution >= 0.6 is 0 Å². The number of nitrogens with zero attached hydrogens (tertiary/aromatic N) is 1. The van der Waals surface area contributed by atoms with E-state index in [9.17, 15) is 17.6 Å². The first-order chi connectivity index (χ1) is 16.3. The molecule has 176 valence electrons. The molecule has 1 heterocycles. The minimum Gasteiger partial charge on any atom is -0.384 e. The van der Waals surface area contributed by atoms with Crippen LogP contribution in [0, 0.1) is 5.82 Å². The van der Waals surface area contributed by atoms with Gasteiger partial charge in [0.2, 0.25) is 0 Å². The molecule has 0 bridgehead atoms. The zero-order valence-electron chi connectivity index (χ0n) is 18.5. The van der Waals surface area contributed by atoms with E-state index in [0.29, 0.717) is 40.6 Å². The maximum absolute atomic E-state index is 13.9. The van der Waals surface area contributed by atoms with Crippen LogP contribution in [0.5, 0.6) is 0 Å². The lowest BCUT2D eigenvalue weighted by molar-refractivity contribution is -0.138. The number of anilines is 2. The number of aliphatic imine (C=N–C) groups is 1. The Balaban J connectivity index is 1.72. The van der Waals surface area contributed by atoms with Gasteiger partial charge in [0.15, 0.2) is 0 Å². The van der Waals surface area contributed by atoms with Crippen LogP contribution in [0.1, 0.15) is 41.8 Å². The van der Waals surface area contributed by atoms with Gasteiger partial charge in [0.1, 0.15) is 17.8 Å². The average Bonchev–Trinajstić information content (AvgIpc) is 2.82. The van der Waals surface area contributed by atoms with Crippen LogP contribution < -0.4 is 16.0 Å². The Bertz CT molecular complexity index is 1230. The third-order valence-corrected chi connectivity index (χ3v) is 5.43. The van der Waals surface area contributed by atoms with Crippen molar-refractivity contribution in [2.75, 3.05) is 17.2 Å². The normalized spacial score (nSPS) is 15.1. The largest absolute Gasteiger partial charge is 0.416 e. The van der Waals surface area contributed by atoms with Crippen molar-refractivity contribution in [1.82, 2.24) is 5.32 Å². The highest BCUT2D eigenvalue weighted by Crippen LogP contribution is 2.38. The number of amidine groups is 1. The van der Waals surface area contributed by atoms with E-state index in [1.165, 1.54) is 24.3 Å². The second kappa shape index (κ2) is 9.59. The molecule has 0 fully saturated rings. The number of alkyl halides is 3. The maximum Gasteiger partial charge on any atom is 0.416 e. The van der Waals surface area contributed by atoms with Gasteiger partial charge < -0.3 is 16.0 Å². The monoisotopic (exact) mass is 468 g/mol. The SMILES string of the molecule is C=C(NC1=NC(c2ccccc2C(F)(F)F)Nc2ccccc21)c1ccc(F)cc1NCCC. The lowest BCUT2D eigenvalue weighted by Gasteiger charge is -2.28. The quantitative estimate of drug-likeness (QED) is 0.349. The van der Waals surface area contributed by atoms with Crippen molar-refractivity contribution in [3.05, 3.63) is 101 Å². The van der Waals surface area contributed by atoms with Crippen LogP contribution in [0.3, 0.4) is 0 Å². The summed E-state index contributed by atoms with van der Waals surface area (Å²) in [5, 5.41) is 9.44. The summed E-state index contributed by atoms with van der Waals surface area (Å²) < 4.78 is 54.8. The molecule has 0 saturated heterocycles. The van der Waals surface area contributed by atoms with Crippen molar-refractivity contribution in [2.45, 2.75) is 25.7 Å². The van der Waals surface area contributed by atoms with Gasteiger partial charge in [-0.25, -0.2) is 9.38 Å². The highest BCUT2D eigenvalue weighted by molar-refractivity contribution is 6.08. The molecule has 0 radical (unpaired) electrons. The third-order valence-electron chi connectivity index (χ3n) is 5.43. The molecule has 3 N–H and O–H groups in total. The summed E-state index contributed by atoms with van der Waals surface area (Å²) in [6.07, 6.45) is -4.63. The van der Waals surface area contributed by atoms with Gasteiger partial charge in [0.05, 0.1) is 5.56 Å². The topological polar surface area (TPSA) is 48.5 Å². The lowest BCUT2D eigenvalue weighted by Crippen LogP contribution is -2.30. The van der Waals surface area contributed by atoms with Crippen LogP contribution in [-0.4, -0.2) is 12.4 Å². The second-order valence-corrected chi connectivity index (χ2v) is 7.88. The molecule has 0 aliphatic carbocycles. The van der Waals surface area contributed by atoms with E-state index in [1.54, 1.807) is 24.3 Å². The first kappa shape index (κ1) is 23.4. The Hall–Kier alpha value is -3.81. The number of para-hydroxylation sites is 1. The highest BCUT2D eigenvalue weighted by Gasteiger charge is 2.36. The lowest BCUT2D eigenvalue weighted by atomic mass is 10.0. The maximum atomic E-state index is 13.9. The Morgan fingerprint density at radius 3 is 2.56 bits per heavy atom. The van der Waals surface area contributed by atoms with Gasteiger partial charge in [0.25, 0.3) is 0 Å².